The molecule has 1 fully saturated rings. The zero-order valence-corrected chi connectivity index (χ0v) is 16.7. The summed E-state index contributed by atoms with van der Waals surface area (Å²) < 4.78 is 40.2. The number of aromatic hydroxyl groups is 1. The van der Waals surface area contributed by atoms with Crippen LogP contribution in [0.3, 0.4) is 0 Å². The molecule has 3 rings (SSSR count). The van der Waals surface area contributed by atoms with Crippen molar-refractivity contribution >= 4 is 37.5 Å². The molecular formula is C18H18BrFN2O4S. The number of phenols is 1. The quantitative estimate of drug-likeness (QED) is 0.675. The van der Waals surface area contributed by atoms with Crippen LogP contribution < -0.4 is 5.32 Å². The van der Waals surface area contributed by atoms with E-state index in [0.29, 0.717) is 18.7 Å². The number of hydrogen-bond donors (Lipinski definition) is 2. The Morgan fingerprint density at radius 1 is 1.19 bits per heavy atom. The van der Waals surface area contributed by atoms with E-state index in [1.807, 2.05) is 0 Å². The van der Waals surface area contributed by atoms with Crippen molar-refractivity contribution in [3.05, 3.63) is 52.3 Å². The van der Waals surface area contributed by atoms with Crippen LogP contribution in [0.1, 0.15) is 18.4 Å². The van der Waals surface area contributed by atoms with Crippen molar-refractivity contribution in [1.29, 1.82) is 0 Å². The van der Waals surface area contributed by atoms with Gasteiger partial charge in [0, 0.05) is 13.1 Å². The van der Waals surface area contributed by atoms with Gasteiger partial charge >= 0.3 is 0 Å². The summed E-state index contributed by atoms with van der Waals surface area (Å²) in [5.74, 6) is -1.12. The van der Waals surface area contributed by atoms with Gasteiger partial charge in [-0.3, -0.25) is 4.79 Å². The van der Waals surface area contributed by atoms with Gasteiger partial charge in [-0.2, -0.15) is 4.31 Å². The number of carbonyl (C=O) groups is 1. The zero-order valence-electron chi connectivity index (χ0n) is 14.3. The van der Waals surface area contributed by atoms with Gasteiger partial charge in [-0.05, 0) is 64.7 Å². The van der Waals surface area contributed by atoms with E-state index >= 15 is 0 Å². The smallest absolute Gasteiger partial charge is 0.243 e. The molecule has 1 saturated heterocycles. The second kappa shape index (κ2) is 7.95. The molecule has 0 unspecified atom stereocenters. The van der Waals surface area contributed by atoms with Crippen molar-refractivity contribution < 1.29 is 22.7 Å². The van der Waals surface area contributed by atoms with Crippen molar-refractivity contribution in [1.82, 2.24) is 4.31 Å². The second-order valence-corrected chi connectivity index (χ2v) is 9.06. The first-order valence-corrected chi connectivity index (χ1v) is 10.6. The number of hydrogen-bond acceptors (Lipinski definition) is 4. The van der Waals surface area contributed by atoms with E-state index in [0.717, 1.165) is 12.8 Å². The summed E-state index contributed by atoms with van der Waals surface area (Å²) in [7, 11) is -3.66. The molecule has 1 heterocycles. The topological polar surface area (TPSA) is 86.7 Å². The van der Waals surface area contributed by atoms with Gasteiger partial charge in [0.25, 0.3) is 0 Å². The fraction of sp³-hybridized carbons (Fsp3) is 0.278. The van der Waals surface area contributed by atoms with Gasteiger partial charge in [0.05, 0.1) is 21.5 Å². The maximum absolute atomic E-state index is 13.3. The highest BCUT2D eigenvalue weighted by atomic mass is 79.9. The van der Waals surface area contributed by atoms with Crippen LogP contribution in [0.4, 0.5) is 10.1 Å². The Kier molecular flexibility index (Phi) is 5.83. The monoisotopic (exact) mass is 456 g/mol. The number of nitrogens with zero attached hydrogens (tertiary/aromatic N) is 1. The normalized spacial score (nSPS) is 15.0. The van der Waals surface area contributed by atoms with Gasteiger partial charge in [0.2, 0.25) is 15.9 Å². The third-order valence-electron chi connectivity index (χ3n) is 4.29. The predicted octanol–water partition coefficient (Wildman–Crippen LogP) is 3.26. The van der Waals surface area contributed by atoms with E-state index in [1.165, 1.54) is 40.7 Å². The Hall–Kier alpha value is -1.97. The van der Waals surface area contributed by atoms with Crippen LogP contribution in [-0.4, -0.2) is 36.8 Å². The van der Waals surface area contributed by atoms with Crippen molar-refractivity contribution in [2.24, 2.45) is 0 Å². The van der Waals surface area contributed by atoms with Crippen LogP contribution >= 0.6 is 15.9 Å². The Morgan fingerprint density at radius 3 is 2.56 bits per heavy atom. The summed E-state index contributed by atoms with van der Waals surface area (Å²) >= 11 is 3.06. The fourth-order valence-electron chi connectivity index (χ4n) is 2.88. The lowest BCUT2D eigenvalue weighted by Gasteiger charge is -2.16. The molecule has 2 N–H and O–H groups in total. The highest BCUT2D eigenvalue weighted by molar-refractivity contribution is 9.10. The number of carbonyl (C=O) groups excluding carboxylic acids is 1. The van der Waals surface area contributed by atoms with Crippen LogP contribution in [-0.2, 0) is 21.2 Å². The van der Waals surface area contributed by atoms with E-state index in [1.54, 1.807) is 0 Å². The molecule has 2 aromatic carbocycles. The van der Waals surface area contributed by atoms with Crippen LogP contribution in [0, 0.1) is 5.82 Å². The number of sulfonamides is 1. The maximum atomic E-state index is 13.3. The number of benzene rings is 2. The molecule has 0 radical (unpaired) electrons. The molecular weight excluding hydrogens is 439 g/mol. The van der Waals surface area contributed by atoms with E-state index in [4.69, 9.17) is 0 Å². The molecule has 2 aromatic rings. The molecule has 27 heavy (non-hydrogen) atoms. The highest BCUT2D eigenvalue weighted by Gasteiger charge is 2.27. The van der Waals surface area contributed by atoms with Crippen LogP contribution in [0.2, 0.25) is 0 Å². The first-order valence-electron chi connectivity index (χ1n) is 8.34. The van der Waals surface area contributed by atoms with Crippen molar-refractivity contribution in [3.8, 4) is 5.75 Å². The van der Waals surface area contributed by atoms with E-state index in [-0.39, 0.29) is 27.2 Å². The lowest BCUT2D eigenvalue weighted by molar-refractivity contribution is -0.115. The third kappa shape index (κ3) is 4.48. The molecule has 6 nitrogen and oxygen atoms in total. The first-order chi connectivity index (χ1) is 12.8. The number of phenolic OH excluding ortho intramolecular Hbond substituents is 1. The number of halogens is 2. The Bertz CT molecular complexity index is 975. The van der Waals surface area contributed by atoms with Gasteiger partial charge in [-0.25, -0.2) is 12.8 Å². The first kappa shape index (κ1) is 19.8. The summed E-state index contributed by atoms with van der Waals surface area (Å²) in [5, 5.41) is 12.5. The Labute approximate surface area is 165 Å². The van der Waals surface area contributed by atoms with Gasteiger partial charge in [0.15, 0.2) is 0 Å². The molecule has 0 aliphatic carbocycles. The van der Waals surface area contributed by atoms with Gasteiger partial charge in [-0.1, -0.05) is 6.07 Å². The van der Waals surface area contributed by atoms with Crippen molar-refractivity contribution in [2.75, 3.05) is 18.4 Å². The number of nitrogens with one attached hydrogen (secondary N) is 1. The van der Waals surface area contributed by atoms with Crippen LogP contribution in [0.15, 0.2) is 45.8 Å². The molecule has 0 aromatic heterocycles. The zero-order chi connectivity index (χ0) is 19.6. The number of rotatable bonds is 5. The number of anilines is 1. The van der Waals surface area contributed by atoms with Crippen LogP contribution in [0.25, 0.3) is 0 Å². The lowest BCUT2D eigenvalue weighted by atomic mass is 10.1. The summed E-state index contributed by atoms with van der Waals surface area (Å²) in [6.45, 7) is 0.925. The second-order valence-electron chi connectivity index (χ2n) is 6.26. The van der Waals surface area contributed by atoms with Crippen LogP contribution in [0.5, 0.6) is 5.75 Å². The van der Waals surface area contributed by atoms with Crippen molar-refractivity contribution in [3.63, 3.8) is 0 Å². The minimum Gasteiger partial charge on any atom is -0.506 e. The summed E-state index contributed by atoms with van der Waals surface area (Å²) in [4.78, 5) is 12.3. The number of amides is 1. The highest BCUT2D eigenvalue weighted by Crippen LogP contribution is 2.29. The standard InChI is InChI=1S/C18H18BrFN2O4S/c19-14-9-12(3-5-15(14)20)10-18(24)21-16-11-13(4-6-17(16)23)27(25,26)22-7-1-2-8-22/h3-6,9,11,23H,1-2,7-8,10H2,(H,21,24). The fourth-order valence-corrected chi connectivity index (χ4v) is 4.85. The summed E-state index contributed by atoms with van der Waals surface area (Å²) in [5.41, 5.74) is 0.586. The average Bonchev–Trinajstić information content (AvgIpc) is 3.15. The molecule has 0 bridgehead atoms. The predicted molar refractivity (Wildman–Crippen MR) is 103 cm³/mol. The van der Waals surface area contributed by atoms with Gasteiger partial charge in [0.1, 0.15) is 11.6 Å². The molecule has 1 aliphatic heterocycles. The molecule has 144 valence electrons. The van der Waals surface area contributed by atoms with E-state index in [2.05, 4.69) is 21.2 Å². The Balaban J connectivity index is 1.78. The van der Waals surface area contributed by atoms with Gasteiger partial charge < -0.3 is 10.4 Å². The SMILES string of the molecule is O=C(Cc1ccc(F)c(Br)c1)Nc1cc(S(=O)(=O)N2CCCC2)ccc1O. The summed E-state index contributed by atoms with van der Waals surface area (Å²) in [6, 6.07) is 8.02. The van der Waals surface area contributed by atoms with Gasteiger partial charge in [-0.15, -0.1) is 0 Å². The molecule has 1 aliphatic rings. The third-order valence-corrected chi connectivity index (χ3v) is 6.80. The van der Waals surface area contributed by atoms with E-state index in [9.17, 15) is 22.7 Å². The largest absolute Gasteiger partial charge is 0.506 e. The molecule has 0 atom stereocenters. The maximum Gasteiger partial charge on any atom is 0.243 e. The summed E-state index contributed by atoms with van der Waals surface area (Å²) in [6.07, 6.45) is 1.57. The van der Waals surface area contributed by atoms with E-state index < -0.39 is 21.7 Å². The molecule has 1 amide bonds. The molecule has 0 spiro atoms. The van der Waals surface area contributed by atoms with Crippen molar-refractivity contribution in [2.45, 2.75) is 24.2 Å². The lowest BCUT2D eigenvalue weighted by Crippen LogP contribution is -2.28. The minimum atomic E-state index is -3.66. The minimum absolute atomic E-state index is 0.0152. The molecule has 0 saturated carbocycles. The Morgan fingerprint density at radius 2 is 1.89 bits per heavy atom. The molecule has 9 heteroatoms. The average molecular weight is 457 g/mol.